The van der Waals surface area contributed by atoms with Gasteiger partial charge in [-0.05, 0) is 68.7 Å². The molecular formula is C29H32Cl3NO4. The van der Waals surface area contributed by atoms with Crippen LogP contribution >= 0.6 is 34.8 Å². The van der Waals surface area contributed by atoms with Crippen LogP contribution in [0.25, 0.3) is 12.2 Å². The Morgan fingerprint density at radius 1 is 0.973 bits per heavy atom. The molecule has 37 heavy (non-hydrogen) atoms. The lowest BCUT2D eigenvalue weighted by atomic mass is 10.2. The first kappa shape index (κ1) is 30.7. The zero-order valence-corrected chi connectivity index (χ0v) is 23.7. The van der Waals surface area contributed by atoms with Gasteiger partial charge in [0.1, 0.15) is 5.60 Å². The normalized spacial score (nSPS) is 12.9. The second-order valence-electron chi connectivity index (χ2n) is 9.10. The Morgan fingerprint density at radius 3 is 2.27 bits per heavy atom. The topological polar surface area (TPSA) is 55.8 Å². The number of unbranched alkanes of at least 4 members (excludes halogenated alkanes) is 1. The Hall–Kier alpha value is -2.57. The molecule has 1 atom stereocenters. The van der Waals surface area contributed by atoms with Gasteiger partial charge in [0.05, 0.1) is 0 Å². The molecule has 8 heteroatoms. The van der Waals surface area contributed by atoms with Crippen molar-refractivity contribution in [3.05, 3.63) is 93.0 Å². The van der Waals surface area contributed by atoms with Crippen molar-refractivity contribution in [3.63, 3.8) is 0 Å². The molecule has 2 amide bonds. The first-order chi connectivity index (χ1) is 17.5. The minimum Gasteiger partial charge on any atom is -0.443 e. The van der Waals surface area contributed by atoms with Crippen LogP contribution in [0.2, 0.25) is 15.1 Å². The maximum absolute atomic E-state index is 13.3. The van der Waals surface area contributed by atoms with Crippen molar-refractivity contribution >= 4 is 59.0 Å². The summed E-state index contributed by atoms with van der Waals surface area (Å²) in [6.07, 6.45) is 9.47. The molecule has 0 saturated carbocycles. The quantitative estimate of drug-likeness (QED) is 0.125. The Kier molecular flexibility index (Phi) is 12.4. The van der Waals surface area contributed by atoms with Crippen molar-refractivity contribution < 1.29 is 19.1 Å². The molecule has 0 fully saturated rings. The molecule has 2 rings (SSSR count). The Balaban J connectivity index is 2.33. The number of carbonyl (C=O) groups excluding carboxylic acids is 2. The fourth-order valence-electron chi connectivity index (χ4n) is 2.98. The summed E-state index contributed by atoms with van der Waals surface area (Å²) in [5.74, 6) is -0.594. The van der Waals surface area contributed by atoms with Crippen molar-refractivity contribution in [2.45, 2.75) is 52.4 Å². The molecule has 0 aromatic heterocycles. The van der Waals surface area contributed by atoms with Gasteiger partial charge in [0, 0.05) is 27.8 Å². The van der Waals surface area contributed by atoms with Crippen LogP contribution in [0.15, 0.2) is 66.8 Å². The molecule has 0 aliphatic heterocycles. The van der Waals surface area contributed by atoms with Gasteiger partial charge in [-0.25, -0.2) is 9.69 Å². The molecule has 0 saturated heterocycles. The van der Waals surface area contributed by atoms with Crippen molar-refractivity contribution in [1.29, 1.82) is 0 Å². The Labute approximate surface area is 234 Å². The predicted molar refractivity (Wildman–Crippen MR) is 153 cm³/mol. The van der Waals surface area contributed by atoms with Gasteiger partial charge in [-0.15, -0.1) is 0 Å². The highest BCUT2D eigenvalue weighted by molar-refractivity contribution is 6.35. The monoisotopic (exact) mass is 563 g/mol. The van der Waals surface area contributed by atoms with Crippen LogP contribution in [0.1, 0.15) is 51.7 Å². The fraction of sp³-hybridized carbons (Fsp3) is 0.310. The first-order valence-corrected chi connectivity index (χ1v) is 13.0. The molecule has 2 aromatic carbocycles. The standard InChI is InChI=1S/C29H32Cl3NO4/c1-5-6-19-36-27(18-13-21-11-15-23(30)16-12-21)33(28(35)37-29(2,3)4)26(34)10-8-7-9-22-14-17-24(31)20-25(22)32/h7-18,20,27H,5-6,19H2,1-4H3/b9-7+,10-8+,18-13-. The summed E-state index contributed by atoms with van der Waals surface area (Å²) < 4.78 is 11.5. The first-order valence-electron chi connectivity index (χ1n) is 11.9. The van der Waals surface area contributed by atoms with Gasteiger partial charge in [-0.3, -0.25) is 4.79 Å². The van der Waals surface area contributed by atoms with Crippen LogP contribution in [0.3, 0.4) is 0 Å². The maximum atomic E-state index is 13.3. The van der Waals surface area contributed by atoms with Crippen LogP contribution in [-0.2, 0) is 14.3 Å². The summed E-state index contributed by atoms with van der Waals surface area (Å²) >= 11 is 18.1. The third-order valence-corrected chi connectivity index (χ3v) is 5.59. The highest BCUT2D eigenvalue weighted by Gasteiger charge is 2.32. The number of imide groups is 1. The molecule has 0 radical (unpaired) electrons. The molecule has 198 valence electrons. The summed E-state index contributed by atoms with van der Waals surface area (Å²) in [5, 5.41) is 1.62. The summed E-state index contributed by atoms with van der Waals surface area (Å²) in [7, 11) is 0. The fourth-order valence-corrected chi connectivity index (χ4v) is 3.57. The molecule has 0 N–H and O–H groups in total. The van der Waals surface area contributed by atoms with Gasteiger partial charge in [0.25, 0.3) is 5.91 Å². The van der Waals surface area contributed by atoms with Gasteiger partial charge in [0.2, 0.25) is 0 Å². The highest BCUT2D eigenvalue weighted by Crippen LogP contribution is 2.22. The molecular weight excluding hydrogens is 533 g/mol. The van der Waals surface area contributed by atoms with E-state index in [0.29, 0.717) is 21.7 Å². The molecule has 0 heterocycles. The largest absolute Gasteiger partial charge is 0.443 e. The van der Waals surface area contributed by atoms with Crippen molar-refractivity contribution in [2.24, 2.45) is 0 Å². The zero-order chi connectivity index (χ0) is 27.4. The lowest BCUT2D eigenvalue weighted by Gasteiger charge is -2.30. The average molecular weight is 565 g/mol. The van der Waals surface area contributed by atoms with E-state index in [1.165, 1.54) is 12.2 Å². The number of rotatable bonds is 10. The van der Waals surface area contributed by atoms with Crippen LogP contribution in [-0.4, -0.2) is 35.3 Å². The Morgan fingerprint density at radius 2 is 1.65 bits per heavy atom. The molecule has 5 nitrogen and oxygen atoms in total. The summed E-state index contributed by atoms with van der Waals surface area (Å²) in [6, 6.07) is 12.3. The number of benzene rings is 2. The minimum atomic E-state index is -0.982. The number of halogens is 3. The third-order valence-electron chi connectivity index (χ3n) is 4.78. The van der Waals surface area contributed by atoms with Gasteiger partial charge >= 0.3 is 6.09 Å². The summed E-state index contributed by atoms with van der Waals surface area (Å²) in [6.45, 7) is 7.59. The zero-order valence-electron chi connectivity index (χ0n) is 21.4. The summed E-state index contributed by atoms with van der Waals surface area (Å²) in [5.41, 5.74) is 0.764. The highest BCUT2D eigenvalue weighted by atomic mass is 35.5. The molecule has 2 aromatic rings. The molecule has 0 spiro atoms. The van der Waals surface area contributed by atoms with E-state index in [4.69, 9.17) is 44.3 Å². The number of hydrogen-bond donors (Lipinski definition) is 0. The van der Waals surface area contributed by atoms with Gasteiger partial charge in [-0.2, -0.15) is 0 Å². The molecule has 1 unspecified atom stereocenters. The van der Waals surface area contributed by atoms with E-state index in [0.717, 1.165) is 28.9 Å². The van der Waals surface area contributed by atoms with Crippen molar-refractivity contribution in [2.75, 3.05) is 6.61 Å². The third kappa shape index (κ3) is 11.1. The second kappa shape index (κ2) is 15.0. The number of ether oxygens (including phenoxy) is 2. The maximum Gasteiger partial charge on any atom is 0.419 e. The number of amides is 2. The molecule has 0 bridgehead atoms. The number of allylic oxidation sites excluding steroid dienone is 2. The van der Waals surface area contributed by atoms with Gasteiger partial charge in [-0.1, -0.05) is 90.7 Å². The minimum absolute atomic E-state index is 0.359. The van der Waals surface area contributed by atoms with Gasteiger partial charge in [0.15, 0.2) is 6.23 Å². The van der Waals surface area contributed by atoms with E-state index < -0.39 is 23.8 Å². The average Bonchev–Trinajstić information content (AvgIpc) is 2.81. The number of nitrogens with zero attached hydrogens (tertiary/aromatic N) is 1. The van der Waals surface area contributed by atoms with Crippen LogP contribution in [0, 0.1) is 0 Å². The van der Waals surface area contributed by atoms with Crippen LogP contribution in [0.4, 0.5) is 4.79 Å². The second-order valence-corrected chi connectivity index (χ2v) is 10.4. The number of carbonyl (C=O) groups is 2. The van der Waals surface area contributed by atoms with E-state index >= 15 is 0 Å². The van der Waals surface area contributed by atoms with E-state index in [1.54, 1.807) is 75.4 Å². The Bertz CT molecular complexity index is 1130. The predicted octanol–water partition coefficient (Wildman–Crippen LogP) is 8.84. The lowest BCUT2D eigenvalue weighted by molar-refractivity contribution is -0.135. The van der Waals surface area contributed by atoms with Crippen LogP contribution in [0.5, 0.6) is 0 Å². The van der Waals surface area contributed by atoms with E-state index in [2.05, 4.69) is 0 Å². The summed E-state index contributed by atoms with van der Waals surface area (Å²) in [4.78, 5) is 27.3. The number of hydrogen-bond acceptors (Lipinski definition) is 4. The SMILES string of the molecule is CCCCOC(/C=C\c1ccc(Cl)cc1)N(C(=O)/C=C/C=C/c1ccc(Cl)cc1Cl)C(=O)OC(C)(C)C. The smallest absolute Gasteiger partial charge is 0.419 e. The van der Waals surface area contributed by atoms with Gasteiger partial charge < -0.3 is 9.47 Å². The van der Waals surface area contributed by atoms with E-state index in [9.17, 15) is 9.59 Å². The molecule has 0 aliphatic rings. The molecule has 0 aliphatic carbocycles. The van der Waals surface area contributed by atoms with Crippen molar-refractivity contribution in [1.82, 2.24) is 4.90 Å². The van der Waals surface area contributed by atoms with Crippen molar-refractivity contribution in [3.8, 4) is 0 Å². The van der Waals surface area contributed by atoms with E-state index in [1.807, 2.05) is 19.1 Å². The van der Waals surface area contributed by atoms with E-state index in [-0.39, 0.29) is 0 Å². The van der Waals surface area contributed by atoms with Crippen LogP contribution < -0.4 is 0 Å². The lowest BCUT2D eigenvalue weighted by Crippen LogP contribution is -2.47.